The van der Waals surface area contributed by atoms with E-state index in [0.717, 1.165) is 12.7 Å². The van der Waals surface area contributed by atoms with Gasteiger partial charge in [0, 0.05) is 7.05 Å². The lowest BCUT2D eigenvalue weighted by Crippen LogP contribution is -2.39. The van der Waals surface area contributed by atoms with Crippen molar-refractivity contribution in [1.82, 2.24) is 4.90 Å². The number of carbonyl (C=O) groups excluding carboxylic acids is 2. The van der Waals surface area contributed by atoms with E-state index in [9.17, 15) is 9.59 Å². The number of aldehydes is 1. The summed E-state index contributed by atoms with van der Waals surface area (Å²) in [5.41, 5.74) is 0. The summed E-state index contributed by atoms with van der Waals surface area (Å²) in [5.74, 6) is 0.580. The minimum atomic E-state index is -0.437. The molecule has 1 atom stereocenters. The van der Waals surface area contributed by atoms with Crippen molar-refractivity contribution in [3.05, 3.63) is 0 Å². The van der Waals surface area contributed by atoms with Crippen LogP contribution in [-0.2, 0) is 9.53 Å². The number of hydrogen-bond acceptors (Lipinski definition) is 3. The molecule has 4 nitrogen and oxygen atoms in total. The average molecular weight is 227 g/mol. The summed E-state index contributed by atoms with van der Waals surface area (Å²) in [5, 5.41) is 0. The average Bonchev–Trinajstić information content (AvgIpc) is 2.35. The van der Waals surface area contributed by atoms with Crippen LogP contribution in [0.15, 0.2) is 0 Å². The second-order valence-corrected chi connectivity index (χ2v) is 4.52. The van der Waals surface area contributed by atoms with Crippen LogP contribution in [0.2, 0.25) is 0 Å². The van der Waals surface area contributed by atoms with Crippen molar-refractivity contribution in [3.8, 4) is 0 Å². The highest BCUT2D eigenvalue weighted by atomic mass is 16.5. The highest BCUT2D eigenvalue weighted by molar-refractivity contribution is 5.72. The van der Waals surface area contributed by atoms with Crippen molar-refractivity contribution in [2.75, 3.05) is 14.2 Å². The second-order valence-electron chi connectivity index (χ2n) is 4.52. The third-order valence-corrected chi connectivity index (χ3v) is 3.42. The lowest BCUT2D eigenvalue weighted by Gasteiger charge is -2.28. The molecular formula is C12H21NO3. The molecule has 4 heteroatoms. The Kier molecular flexibility index (Phi) is 5.29. The Hall–Kier alpha value is -1.06. The van der Waals surface area contributed by atoms with Crippen LogP contribution >= 0.6 is 0 Å². The molecule has 1 saturated carbocycles. The lowest BCUT2D eigenvalue weighted by atomic mass is 9.85. The summed E-state index contributed by atoms with van der Waals surface area (Å²) in [6.45, 7) is 0. The quantitative estimate of drug-likeness (QED) is 0.692. The van der Waals surface area contributed by atoms with Gasteiger partial charge in [0.25, 0.3) is 0 Å². The zero-order valence-corrected chi connectivity index (χ0v) is 10.1. The molecule has 92 valence electrons. The number of rotatable bonds is 4. The molecule has 0 aromatic heterocycles. The lowest BCUT2D eigenvalue weighted by molar-refractivity contribution is -0.112. The Morgan fingerprint density at radius 1 is 1.44 bits per heavy atom. The first-order valence-electron chi connectivity index (χ1n) is 5.95. The van der Waals surface area contributed by atoms with Gasteiger partial charge in [-0.15, -0.1) is 0 Å². The molecule has 1 fully saturated rings. The van der Waals surface area contributed by atoms with Gasteiger partial charge in [-0.05, 0) is 12.3 Å². The van der Waals surface area contributed by atoms with Crippen LogP contribution in [0, 0.1) is 5.92 Å². The fraction of sp³-hybridized carbons (Fsp3) is 0.833. The van der Waals surface area contributed by atoms with Crippen LogP contribution in [0.25, 0.3) is 0 Å². The molecular weight excluding hydrogens is 206 g/mol. The number of hydrogen-bond donors (Lipinski definition) is 0. The molecule has 0 radical (unpaired) electrons. The first-order chi connectivity index (χ1) is 7.69. The Morgan fingerprint density at radius 2 is 2.06 bits per heavy atom. The number of amides is 1. The molecule has 1 aliphatic carbocycles. The van der Waals surface area contributed by atoms with E-state index >= 15 is 0 Å². The Bertz CT molecular complexity index is 236. The van der Waals surface area contributed by atoms with E-state index in [1.807, 2.05) is 0 Å². The highest BCUT2D eigenvalue weighted by Crippen LogP contribution is 2.28. The Labute approximate surface area is 96.9 Å². The van der Waals surface area contributed by atoms with E-state index in [-0.39, 0.29) is 6.04 Å². The largest absolute Gasteiger partial charge is 0.453 e. The van der Waals surface area contributed by atoms with Crippen molar-refractivity contribution in [2.45, 2.75) is 44.6 Å². The molecule has 0 bridgehead atoms. The van der Waals surface area contributed by atoms with Crippen molar-refractivity contribution in [1.29, 1.82) is 0 Å². The molecule has 0 aromatic rings. The van der Waals surface area contributed by atoms with E-state index in [0.29, 0.717) is 5.92 Å². The predicted molar refractivity (Wildman–Crippen MR) is 61.2 cm³/mol. The summed E-state index contributed by atoms with van der Waals surface area (Å²) in [6.07, 6.45) is 7.35. The monoisotopic (exact) mass is 227 g/mol. The van der Waals surface area contributed by atoms with Crippen molar-refractivity contribution in [3.63, 3.8) is 0 Å². The molecule has 0 unspecified atom stereocenters. The van der Waals surface area contributed by atoms with Crippen LogP contribution in [-0.4, -0.2) is 37.5 Å². The van der Waals surface area contributed by atoms with E-state index in [4.69, 9.17) is 0 Å². The van der Waals surface area contributed by atoms with E-state index in [1.165, 1.54) is 44.1 Å². The maximum Gasteiger partial charge on any atom is 0.409 e. The number of ether oxygens (including phenoxy) is 1. The van der Waals surface area contributed by atoms with Crippen LogP contribution in [0.4, 0.5) is 4.79 Å². The molecule has 1 rings (SSSR count). The van der Waals surface area contributed by atoms with Gasteiger partial charge in [0.05, 0.1) is 13.2 Å². The van der Waals surface area contributed by atoms with Gasteiger partial charge in [-0.25, -0.2) is 4.79 Å². The van der Waals surface area contributed by atoms with E-state index < -0.39 is 6.09 Å². The zero-order chi connectivity index (χ0) is 12.0. The fourth-order valence-electron chi connectivity index (χ4n) is 2.35. The molecule has 0 aromatic carbocycles. The highest BCUT2D eigenvalue weighted by Gasteiger charge is 2.24. The van der Waals surface area contributed by atoms with Crippen LogP contribution in [0.1, 0.15) is 38.5 Å². The zero-order valence-electron chi connectivity index (χ0n) is 10.1. The van der Waals surface area contributed by atoms with Gasteiger partial charge >= 0.3 is 6.09 Å². The third kappa shape index (κ3) is 3.51. The van der Waals surface area contributed by atoms with Crippen molar-refractivity contribution < 1.29 is 14.3 Å². The predicted octanol–water partition coefficient (Wildman–Crippen LogP) is 2.22. The first-order valence-corrected chi connectivity index (χ1v) is 5.95. The van der Waals surface area contributed by atoms with Gasteiger partial charge < -0.3 is 14.4 Å². The van der Waals surface area contributed by atoms with Crippen LogP contribution < -0.4 is 0 Å². The SMILES string of the molecule is COC(=O)N(C)[C@@H](C=O)CC1CCCCC1. The summed E-state index contributed by atoms with van der Waals surface area (Å²) >= 11 is 0. The molecule has 0 heterocycles. The number of nitrogens with zero attached hydrogens (tertiary/aromatic N) is 1. The molecule has 0 saturated heterocycles. The third-order valence-electron chi connectivity index (χ3n) is 3.42. The molecule has 1 aliphatic rings. The Morgan fingerprint density at radius 3 is 2.56 bits per heavy atom. The van der Waals surface area contributed by atoms with Crippen LogP contribution in [0.3, 0.4) is 0 Å². The van der Waals surface area contributed by atoms with E-state index in [1.54, 1.807) is 7.05 Å². The minimum absolute atomic E-state index is 0.337. The molecule has 0 N–H and O–H groups in total. The number of methoxy groups -OCH3 is 1. The number of likely N-dealkylation sites (N-methyl/N-ethyl adjacent to an activating group) is 1. The first kappa shape index (κ1) is 13.0. The molecule has 0 aliphatic heterocycles. The fourth-order valence-corrected chi connectivity index (χ4v) is 2.35. The summed E-state index contributed by atoms with van der Waals surface area (Å²) in [7, 11) is 2.95. The van der Waals surface area contributed by atoms with Gasteiger partial charge in [-0.2, -0.15) is 0 Å². The second kappa shape index (κ2) is 6.51. The van der Waals surface area contributed by atoms with Gasteiger partial charge in [-0.1, -0.05) is 32.1 Å². The van der Waals surface area contributed by atoms with Crippen molar-refractivity contribution >= 4 is 12.4 Å². The van der Waals surface area contributed by atoms with E-state index in [2.05, 4.69) is 4.74 Å². The molecule has 0 spiro atoms. The normalized spacial score (nSPS) is 18.9. The van der Waals surface area contributed by atoms with Gasteiger partial charge in [0.1, 0.15) is 6.29 Å². The maximum absolute atomic E-state index is 11.3. The summed E-state index contributed by atoms with van der Waals surface area (Å²) in [4.78, 5) is 23.7. The van der Waals surface area contributed by atoms with Gasteiger partial charge in [-0.3, -0.25) is 0 Å². The van der Waals surface area contributed by atoms with Gasteiger partial charge in [0.15, 0.2) is 0 Å². The maximum atomic E-state index is 11.3. The standard InChI is InChI=1S/C12H21NO3/c1-13(12(15)16-2)11(9-14)8-10-6-4-3-5-7-10/h9-11H,3-8H2,1-2H3/t11-/m1/s1. The molecule has 16 heavy (non-hydrogen) atoms. The van der Waals surface area contributed by atoms with Gasteiger partial charge in [0.2, 0.25) is 0 Å². The van der Waals surface area contributed by atoms with Crippen LogP contribution in [0.5, 0.6) is 0 Å². The summed E-state index contributed by atoms with van der Waals surface area (Å²) < 4.78 is 4.61. The Balaban J connectivity index is 2.46. The smallest absolute Gasteiger partial charge is 0.409 e. The molecule has 1 amide bonds. The number of carbonyl (C=O) groups is 2. The topological polar surface area (TPSA) is 46.6 Å². The minimum Gasteiger partial charge on any atom is -0.453 e. The summed E-state index contributed by atoms with van der Waals surface area (Å²) in [6, 6.07) is -0.337. The van der Waals surface area contributed by atoms with Crippen molar-refractivity contribution in [2.24, 2.45) is 5.92 Å².